The van der Waals surface area contributed by atoms with Crippen LogP contribution in [0.2, 0.25) is 0 Å². The second-order valence-electron chi connectivity index (χ2n) is 11.3. The monoisotopic (exact) mass is 545 g/mol. The first-order valence-electron chi connectivity index (χ1n) is 13.9. The zero-order valence-corrected chi connectivity index (χ0v) is 23.2. The highest BCUT2D eigenvalue weighted by molar-refractivity contribution is 7.17. The molecule has 4 N–H and O–H groups in total. The van der Waals surface area contributed by atoms with Crippen molar-refractivity contribution < 1.29 is 9.59 Å². The summed E-state index contributed by atoms with van der Waals surface area (Å²) < 4.78 is 0. The molecule has 2 aromatic rings. The Labute approximate surface area is 232 Å². The van der Waals surface area contributed by atoms with E-state index in [-0.39, 0.29) is 23.8 Å². The number of guanidine groups is 1. The maximum Gasteiger partial charge on any atom is 0.254 e. The van der Waals surface area contributed by atoms with Gasteiger partial charge in [-0.25, -0.2) is 4.99 Å². The second kappa shape index (κ2) is 10.6. The first-order valence-corrected chi connectivity index (χ1v) is 14.7. The first-order chi connectivity index (χ1) is 18.8. The third-order valence-corrected chi connectivity index (χ3v) is 8.83. The van der Waals surface area contributed by atoms with Gasteiger partial charge in [-0.05, 0) is 88.5 Å². The van der Waals surface area contributed by atoms with Gasteiger partial charge < -0.3 is 21.3 Å². The molecule has 39 heavy (non-hydrogen) atoms. The van der Waals surface area contributed by atoms with Crippen molar-refractivity contribution in [2.45, 2.75) is 70.5 Å². The molecule has 2 amide bonds. The molecule has 3 aliphatic carbocycles. The van der Waals surface area contributed by atoms with Crippen LogP contribution in [0.3, 0.4) is 0 Å². The molecule has 2 heterocycles. The number of benzene rings is 1. The van der Waals surface area contributed by atoms with Crippen molar-refractivity contribution in [1.29, 1.82) is 0 Å². The lowest BCUT2D eigenvalue weighted by Gasteiger charge is -2.25. The van der Waals surface area contributed by atoms with Crippen molar-refractivity contribution in [3.63, 3.8) is 0 Å². The summed E-state index contributed by atoms with van der Waals surface area (Å²) in [6.07, 6.45) is 10.1. The molecule has 6 rings (SSSR count). The summed E-state index contributed by atoms with van der Waals surface area (Å²) in [5.41, 5.74) is 3.06. The molecule has 0 spiro atoms. The standard InChI is InChI=1S/C29H35N7O2S/c1-17-3-9-20(10-4-17)32-28(35-29(2)13-14-31-36-29)33-21-11-12-23-22(15-21)24(26(38)30-16-18-5-6-18)27(39-23)34-25(37)19-7-8-19/h3-4,9-10,13-14,18-19,21H,5-8,11-12,15-16H2,1-2H3,(H,30,38)(H,34,37)(H2,32,33,35). The minimum Gasteiger partial charge on any atom is -0.352 e. The molecule has 0 bridgehead atoms. The van der Waals surface area contributed by atoms with Crippen LogP contribution in [0.15, 0.2) is 51.8 Å². The Morgan fingerprint density at radius 1 is 1.10 bits per heavy atom. The van der Waals surface area contributed by atoms with E-state index in [4.69, 9.17) is 4.99 Å². The number of amides is 2. The lowest BCUT2D eigenvalue weighted by Crippen LogP contribution is -2.46. The molecular weight excluding hydrogens is 510 g/mol. The lowest BCUT2D eigenvalue weighted by molar-refractivity contribution is -0.117. The van der Waals surface area contributed by atoms with E-state index in [0.717, 1.165) is 36.9 Å². The molecular formula is C29H35N7O2S. The summed E-state index contributed by atoms with van der Waals surface area (Å²) >= 11 is 1.56. The van der Waals surface area contributed by atoms with Crippen LogP contribution in [-0.2, 0) is 17.6 Å². The van der Waals surface area contributed by atoms with Gasteiger partial charge in [0.2, 0.25) is 5.91 Å². The van der Waals surface area contributed by atoms with Crippen molar-refractivity contribution in [2.75, 3.05) is 17.2 Å². The van der Waals surface area contributed by atoms with E-state index in [2.05, 4.69) is 50.6 Å². The highest BCUT2D eigenvalue weighted by Gasteiger charge is 2.35. The molecule has 1 aromatic heterocycles. The number of aliphatic imine (C=N–C) groups is 1. The van der Waals surface area contributed by atoms with Crippen molar-refractivity contribution in [3.05, 3.63) is 58.1 Å². The topological polar surface area (TPSA) is 119 Å². The Kier molecular flexibility index (Phi) is 6.97. The van der Waals surface area contributed by atoms with Crippen LogP contribution in [0.25, 0.3) is 0 Å². The number of hydrogen-bond acceptors (Lipinski definition) is 6. The van der Waals surface area contributed by atoms with Crippen molar-refractivity contribution in [1.82, 2.24) is 10.6 Å². The Bertz CT molecular complexity index is 1340. The fourth-order valence-corrected chi connectivity index (χ4v) is 6.18. The first kappa shape index (κ1) is 25.7. The number of nitrogens with zero attached hydrogens (tertiary/aromatic N) is 3. The van der Waals surface area contributed by atoms with Gasteiger partial charge in [-0.2, -0.15) is 10.2 Å². The predicted molar refractivity (Wildman–Crippen MR) is 154 cm³/mol. The average molecular weight is 546 g/mol. The van der Waals surface area contributed by atoms with Gasteiger partial charge in [0.15, 0.2) is 11.6 Å². The fraction of sp³-hybridized carbons (Fsp3) is 0.483. The van der Waals surface area contributed by atoms with Gasteiger partial charge in [0.25, 0.3) is 5.91 Å². The Hall–Kier alpha value is -3.53. The highest BCUT2D eigenvalue weighted by Crippen LogP contribution is 2.40. The molecule has 2 saturated carbocycles. The number of fused-ring (bicyclic) bond motifs is 1. The highest BCUT2D eigenvalue weighted by atomic mass is 32.1. The Morgan fingerprint density at radius 3 is 2.59 bits per heavy atom. The SMILES string of the molecule is Cc1ccc(NC(=NC2CCc3sc(NC(=O)C4CC4)c(C(=O)NCC4CC4)c3C2)NC2(C)C=CN=N2)cc1. The number of thiophene rings is 1. The van der Waals surface area contributed by atoms with E-state index in [9.17, 15) is 9.59 Å². The van der Waals surface area contributed by atoms with Gasteiger partial charge in [-0.3, -0.25) is 9.59 Å². The van der Waals surface area contributed by atoms with Crippen LogP contribution in [-0.4, -0.2) is 36.0 Å². The summed E-state index contributed by atoms with van der Waals surface area (Å²) in [6, 6.07) is 8.12. The quantitative estimate of drug-likeness (QED) is 0.271. The number of carbonyl (C=O) groups is 2. The molecule has 9 nitrogen and oxygen atoms in total. The van der Waals surface area contributed by atoms with Gasteiger partial charge in [-0.15, -0.1) is 11.3 Å². The Balaban J connectivity index is 1.27. The Morgan fingerprint density at radius 2 is 1.90 bits per heavy atom. The summed E-state index contributed by atoms with van der Waals surface area (Å²) in [7, 11) is 0. The number of azo groups is 1. The zero-order chi connectivity index (χ0) is 27.0. The average Bonchev–Trinajstić information content (AvgIpc) is 3.84. The number of anilines is 2. The number of nitrogens with one attached hydrogen (secondary N) is 4. The molecule has 10 heteroatoms. The minimum absolute atomic E-state index is 0.0280. The third-order valence-electron chi connectivity index (χ3n) is 7.62. The molecule has 2 unspecified atom stereocenters. The minimum atomic E-state index is -0.688. The van der Waals surface area contributed by atoms with Crippen LogP contribution in [0, 0.1) is 18.8 Å². The van der Waals surface area contributed by atoms with Gasteiger partial charge in [0.1, 0.15) is 5.00 Å². The van der Waals surface area contributed by atoms with Crippen LogP contribution >= 0.6 is 11.3 Å². The zero-order valence-electron chi connectivity index (χ0n) is 22.4. The van der Waals surface area contributed by atoms with E-state index in [1.165, 1.54) is 23.3 Å². The normalized spacial score (nSPS) is 23.8. The largest absolute Gasteiger partial charge is 0.352 e. The summed E-state index contributed by atoms with van der Waals surface area (Å²) in [6.45, 7) is 4.69. The number of hydrogen-bond donors (Lipinski definition) is 4. The smallest absolute Gasteiger partial charge is 0.254 e. The molecule has 4 aliphatic rings. The maximum atomic E-state index is 13.4. The molecule has 204 valence electrons. The molecule has 2 fully saturated rings. The maximum absolute atomic E-state index is 13.4. The van der Waals surface area contributed by atoms with Gasteiger partial charge in [-0.1, -0.05) is 17.7 Å². The van der Waals surface area contributed by atoms with E-state index >= 15 is 0 Å². The summed E-state index contributed by atoms with van der Waals surface area (Å²) in [4.78, 5) is 32.3. The fourth-order valence-electron chi connectivity index (χ4n) is 4.93. The van der Waals surface area contributed by atoms with Crippen molar-refractivity contribution >= 4 is 39.8 Å². The molecule has 1 aromatic carbocycles. The van der Waals surface area contributed by atoms with Crippen LogP contribution in [0.4, 0.5) is 10.7 Å². The lowest BCUT2D eigenvalue weighted by atomic mass is 9.91. The third kappa shape index (κ3) is 6.21. The van der Waals surface area contributed by atoms with E-state index in [0.29, 0.717) is 35.4 Å². The van der Waals surface area contributed by atoms with E-state index in [1.54, 1.807) is 17.5 Å². The number of aryl methyl sites for hydroxylation is 2. The predicted octanol–water partition coefficient (Wildman–Crippen LogP) is 5.16. The molecule has 1 aliphatic heterocycles. The van der Waals surface area contributed by atoms with Crippen LogP contribution in [0.5, 0.6) is 0 Å². The second-order valence-corrected chi connectivity index (χ2v) is 12.4. The molecule has 0 radical (unpaired) electrons. The van der Waals surface area contributed by atoms with E-state index in [1.807, 2.05) is 25.1 Å². The van der Waals surface area contributed by atoms with Crippen molar-refractivity contribution in [3.8, 4) is 0 Å². The summed E-state index contributed by atoms with van der Waals surface area (Å²) in [5.74, 6) is 1.20. The molecule has 2 atom stereocenters. The number of carbonyl (C=O) groups excluding carboxylic acids is 2. The van der Waals surface area contributed by atoms with E-state index < -0.39 is 5.66 Å². The van der Waals surface area contributed by atoms with Gasteiger partial charge >= 0.3 is 0 Å². The number of rotatable bonds is 8. The van der Waals surface area contributed by atoms with Gasteiger partial charge in [0.05, 0.1) is 11.6 Å². The van der Waals surface area contributed by atoms with Gasteiger partial charge in [0, 0.05) is 29.2 Å². The molecule has 0 saturated heterocycles. The van der Waals surface area contributed by atoms with Crippen LogP contribution in [0.1, 0.15) is 65.4 Å². The van der Waals surface area contributed by atoms with Crippen LogP contribution < -0.4 is 21.3 Å². The summed E-state index contributed by atoms with van der Waals surface area (Å²) in [5, 5.41) is 22.1. The van der Waals surface area contributed by atoms with Crippen molar-refractivity contribution in [2.24, 2.45) is 27.1 Å².